The Morgan fingerprint density at radius 2 is 1.48 bits per heavy atom. The van der Waals surface area contributed by atoms with Crippen LogP contribution in [0.2, 0.25) is 0 Å². The van der Waals surface area contributed by atoms with Gasteiger partial charge in [0.05, 0.1) is 15.4 Å². The highest BCUT2D eigenvalue weighted by molar-refractivity contribution is 7.91. The number of carbonyl (C=O) groups is 2. The highest BCUT2D eigenvalue weighted by Crippen LogP contribution is 2.31. The largest absolute Gasteiger partial charge is 0.423 e. The second-order valence-electron chi connectivity index (χ2n) is 6.32. The molecule has 1 amide bonds. The summed E-state index contributed by atoms with van der Waals surface area (Å²) < 4.78 is 31.5. The molecule has 0 aliphatic rings. The molecule has 0 atom stereocenters. The normalized spacial score (nSPS) is 10.9. The van der Waals surface area contributed by atoms with Crippen molar-refractivity contribution in [3.05, 3.63) is 88.5 Å². The molecule has 3 aromatic carbocycles. The lowest BCUT2D eigenvalue weighted by Gasteiger charge is -2.11. The average molecular weight is 440 g/mol. The fourth-order valence-electron chi connectivity index (χ4n) is 2.79. The maximum absolute atomic E-state index is 13.1. The third-order valence-corrected chi connectivity index (χ3v) is 5.99. The minimum absolute atomic E-state index is 0.122. The van der Waals surface area contributed by atoms with E-state index in [-0.39, 0.29) is 17.2 Å². The first-order valence-corrected chi connectivity index (χ1v) is 10.4. The van der Waals surface area contributed by atoms with Crippen molar-refractivity contribution in [2.75, 3.05) is 5.32 Å². The van der Waals surface area contributed by atoms with Crippen LogP contribution in [-0.2, 0) is 14.6 Å². The first-order valence-electron chi connectivity index (χ1n) is 8.87. The maximum atomic E-state index is 13.1. The number of benzene rings is 3. The molecular weight excluding hydrogens is 424 g/mol. The number of nitrogens with zero attached hydrogens (tertiary/aromatic N) is 1. The molecule has 9 nitrogen and oxygen atoms in total. The Labute approximate surface area is 177 Å². The molecule has 3 aromatic rings. The van der Waals surface area contributed by atoms with Gasteiger partial charge in [-0.3, -0.25) is 14.9 Å². The fourth-order valence-corrected chi connectivity index (χ4v) is 4.41. The Balaban J connectivity index is 1.96. The van der Waals surface area contributed by atoms with Crippen molar-refractivity contribution in [2.45, 2.75) is 16.7 Å². The number of amides is 1. The van der Waals surface area contributed by atoms with Gasteiger partial charge in [-0.25, -0.2) is 13.2 Å². The molecule has 0 saturated carbocycles. The van der Waals surface area contributed by atoms with E-state index in [1.54, 1.807) is 0 Å². The molecule has 3 rings (SSSR count). The summed E-state index contributed by atoms with van der Waals surface area (Å²) in [7, 11) is -4.39. The highest BCUT2D eigenvalue weighted by Gasteiger charge is 2.31. The predicted molar refractivity (Wildman–Crippen MR) is 111 cm³/mol. The second kappa shape index (κ2) is 8.76. The fraction of sp³-hybridized carbons (Fsp3) is 0.0476. The van der Waals surface area contributed by atoms with Gasteiger partial charge in [0.25, 0.3) is 5.69 Å². The molecule has 0 aliphatic heterocycles. The molecule has 0 saturated heterocycles. The number of para-hydroxylation sites is 1. The van der Waals surface area contributed by atoms with Gasteiger partial charge in [0.1, 0.15) is 10.6 Å². The molecule has 0 bridgehead atoms. The zero-order valence-electron chi connectivity index (χ0n) is 16.1. The quantitative estimate of drug-likeness (QED) is 0.268. The van der Waals surface area contributed by atoms with Crippen LogP contribution in [0.25, 0.3) is 0 Å². The van der Waals surface area contributed by atoms with E-state index >= 15 is 0 Å². The van der Waals surface area contributed by atoms with Crippen molar-refractivity contribution >= 4 is 33.1 Å². The van der Waals surface area contributed by atoms with Crippen molar-refractivity contribution < 1.29 is 27.7 Å². The number of carbonyl (C=O) groups excluding carboxylic acids is 2. The Bertz CT molecular complexity index is 1270. The number of ether oxygens (including phenoxy) is 1. The van der Waals surface area contributed by atoms with Crippen LogP contribution in [0.1, 0.15) is 17.3 Å². The van der Waals surface area contributed by atoms with E-state index in [0.717, 1.165) is 12.1 Å². The minimum atomic E-state index is -4.39. The zero-order chi connectivity index (χ0) is 22.6. The van der Waals surface area contributed by atoms with Gasteiger partial charge >= 0.3 is 5.97 Å². The zero-order valence-corrected chi connectivity index (χ0v) is 17.0. The standard InChI is InChI=1S/C21H16N2O7S/c1-14(24)22-15-10-12-16(13-11-15)30-21(25)17-6-2-4-8-19(17)31(28,29)20-9-5-3-7-18(20)23(26)27/h2-13H,1H3,(H,22,24). The molecule has 0 heterocycles. The first-order chi connectivity index (χ1) is 14.7. The van der Waals surface area contributed by atoms with E-state index in [4.69, 9.17) is 4.74 Å². The molecule has 31 heavy (non-hydrogen) atoms. The monoisotopic (exact) mass is 440 g/mol. The summed E-state index contributed by atoms with van der Waals surface area (Å²) in [6.07, 6.45) is 0. The summed E-state index contributed by atoms with van der Waals surface area (Å²) in [6, 6.07) is 16.1. The van der Waals surface area contributed by atoms with Crippen LogP contribution < -0.4 is 10.1 Å². The molecule has 0 unspecified atom stereocenters. The van der Waals surface area contributed by atoms with E-state index in [2.05, 4.69) is 5.32 Å². The Hall–Kier alpha value is -4.05. The smallest absolute Gasteiger partial charge is 0.344 e. The van der Waals surface area contributed by atoms with Crippen LogP contribution in [0.5, 0.6) is 5.75 Å². The van der Waals surface area contributed by atoms with Gasteiger partial charge in [0.2, 0.25) is 15.7 Å². The SMILES string of the molecule is CC(=O)Nc1ccc(OC(=O)c2ccccc2S(=O)(=O)c2ccccc2[N+](=O)[O-])cc1. The Kier molecular flexibility index (Phi) is 6.12. The third kappa shape index (κ3) is 4.75. The van der Waals surface area contributed by atoms with Gasteiger partial charge in [0, 0.05) is 18.7 Å². The summed E-state index contributed by atoms with van der Waals surface area (Å²) in [6.45, 7) is 1.35. The van der Waals surface area contributed by atoms with Gasteiger partial charge in [-0.1, -0.05) is 24.3 Å². The van der Waals surface area contributed by atoms with Crippen molar-refractivity contribution in [1.82, 2.24) is 0 Å². The molecule has 1 N–H and O–H groups in total. The number of rotatable bonds is 6. The number of hydrogen-bond acceptors (Lipinski definition) is 7. The minimum Gasteiger partial charge on any atom is -0.423 e. The number of hydrogen-bond donors (Lipinski definition) is 1. The maximum Gasteiger partial charge on any atom is 0.344 e. The van der Waals surface area contributed by atoms with Gasteiger partial charge in [-0.15, -0.1) is 0 Å². The van der Waals surface area contributed by atoms with Gasteiger partial charge in [0.15, 0.2) is 0 Å². The molecule has 0 radical (unpaired) electrons. The van der Waals surface area contributed by atoms with Gasteiger partial charge in [-0.05, 0) is 42.5 Å². The summed E-state index contributed by atoms with van der Waals surface area (Å²) in [5.74, 6) is -1.10. The van der Waals surface area contributed by atoms with Crippen molar-refractivity contribution in [3.8, 4) is 5.75 Å². The lowest BCUT2D eigenvalue weighted by atomic mass is 10.2. The topological polar surface area (TPSA) is 133 Å². The van der Waals surface area contributed by atoms with Gasteiger partial charge < -0.3 is 10.1 Å². The number of nitro groups is 1. The number of sulfone groups is 1. The molecule has 0 aliphatic carbocycles. The average Bonchev–Trinajstić information content (AvgIpc) is 2.74. The molecular formula is C21H16N2O7S. The van der Waals surface area contributed by atoms with Crippen LogP contribution in [0, 0.1) is 10.1 Å². The van der Waals surface area contributed by atoms with Crippen LogP contribution in [0.15, 0.2) is 82.6 Å². The van der Waals surface area contributed by atoms with Crippen molar-refractivity contribution in [3.63, 3.8) is 0 Å². The predicted octanol–water partition coefficient (Wildman–Crippen LogP) is 3.61. The Morgan fingerprint density at radius 1 is 0.903 bits per heavy atom. The number of anilines is 1. The molecule has 158 valence electrons. The summed E-state index contributed by atoms with van der Waals surface area (Å²) in [5, 5.41) is 13.8. The molecule has 0 spiro atoms. The van der Waals surface area contributed by atoms with Crippen molar-refractivity contribution in [2.24, 2.45) is 0 Å². The molecule has 10 heteroatoms. The first kappa shape index (κ1) is 21.7. The van der Waals surface area contributed by atoms with Crippen LogP contribution in [0.4, 0.5) is 11.4 Å². The van der Waals surface area contributed by atoms with E-state index in [1.165, 1.54) is 67.6 Å². The third-order valence-electron chi connectivity index (χ3n) is 4.13. The summed E-state index contributed by atoms with van der Waals surface area (Å²) >= 11 is 0. The van der Waals surface area contributed by atoms with E-state index in [0.29, 0.717) is 5.69 Å². The van der Waals surface area contributed by atoms with Crippen LogP contribution >= 0.6 is 0 Å². The van der Waals surface area contributed by atoms with E-state index in [1.807, 2.05) is 0 Å². The summed E-state index contributed by atoms with van der Waals surface area (Å²) in [5.41, 5.74) is -0.377. The van der Waals surface area contributed by atoms with E-state index < -0.39 is 36.2 Å². The lowest BCUT2D eigenvalue weighted by Crippen LogP contribution is -2.15. The molecule has 0 aromatic heterocycles. The molecule has 0 fully saturated rings. The lowest BCUT2D eigenvalue weighted by molar-refractivity contribution is -0.387. The van der Waals surface area contributed by atoms with Crippen LogP contribution in [-0.4, -0.2) is 25.2 Å². The number of nitrogens with one attached hydrogen (secondary N) is 1. The number of esters is 1. The van der Waals surface area contributed by atoms with E-state index in [9.17, 15) is 28.1 Å². The summed E-state index contributed by atoms with van der Waals surface area (Å²) in [4.78, 5) is 33.3. The highest BCUT2D eigenvalue weighted by atomic mass is 32.2. The van der Waals surface area contributed by atoms with Gasteiger partial charge in [-0.2, -0.15) is 0 Å². The number of nitro benzene ring substituents is 1. The second-order valence-corrected chi connectivity index (χ2v) is 8.21. The Morgan fingerprint density at radius 3 is 2.10 bits per heavy atom. The van der Waals surface area contributed by atoms with Crippen LogP contribution in [0.3, 0.4) is 0 Å². The van der Waals surface area contributed by atoms with Crippen molar-refractivity contribution in [1.29, 1.82) is 0 Å².